The number of hydrogen-bond acceptors (Lipinski definition) is 13. The van der Waals surface area contributed by atoms with E-state index in [2.05, 4.69) is 115 Å². The Morgan fingerprint density at radius 2 is 1.57 bits per heavy atom. The number of benzodiazepines with no additional fused rings is 1. The summed E-state index contributed by atoms with van der Waals surface area (Å²) in [5.41, 5.74) is 9.34. The number of methoxy groups -OCH3 is 1. The van der Waals surface area contributed by atoms with E-state index in [1.807, 2.05) is 55.5 Å². The fraction of sp³-hybridized carbons (Fsp3) is 0.281. The van der Waals surface area contributed by atoms with Gasteiger partial charge in [0.15, 0.2) is 10.2 Å². The number of piperazine rings is 1. The molecule has 2 amide bonds. The Labute approximate surface area is 463 Å². The van der Waals surface area contributed by atoms with Gasteiger partial charge in [-0.05, 0) is 136 Å². The van der Waals surface area contributed by atoms with Crippen molar-refractivity contribution in [1.29, 1.82) is 0 Å². The van der Waals surface area contributed by atoms with Crippen LogP contribution in [0.2, 0.25) is 5.02 Å². The number of halogens is 1. The fourth-order valence-corrected chi connectivity index (χ4v) is 9.97. The van der Waals surface area contributed by atoms with Crippen LogP contribution in [0.3, 0.4) is 0 Å². The van der Waals surface area contributed by atoms with Crippen LogP contribution in [-0.2, 0) is 16.1 Å². The van der Waals surface area contributed by atoms with Crippen molar-refractivity contribution >= 4 is 108 Å². The number of carbonyl (C=O) groups is 2. The van der Waals surface area contributed by atoms with Crippen molar-refractivity contribution in [1.82, 2.24) is 35.4 Å². The van der Waals surface area contributed by atoms with Gasteiger partial charge in [-0.1, -0.05) is 41.4 Å². The Hall–Kier alpha value is -8.02. The maximum atomic E-state index is 13.7. The van der Waals surface area contributed by atoms with E-state index in [1.165, 1.54) is 18.2 Å². The molecule has 3 N–H and O–H groups in total. The molecule has 2 unspecified atom stereocenters. The minimum Gasteiger partial charge on any atom is -0.467 e. The number of anilines is 4. The molecule has 4 aromatic carbocycles. The number of aryl methyl sites for hydroxylation is 2. The summed E-state index contributed by atoms with van der Waals surface area (Å²) in [4.78, 5) is 59.6. The van der Waals surface area contributed by atoms with Crippen LogP contribution in [0.15, 0.2) is 124 Å². The molecule has 0 spiro atoms. The van der Waals surface area contributed by atoms with E-state index in [4.69, 9.17) is 55.2 Å². The van der Waals surface area contributed by atoms with Gasteiger partial charge in [0.25, 0.3) is 11.8 Å². The van der Waals surface area contributed by atoms with Gasteiger partial charge in [0, 0.05) is 117 Å². The molecule has 6 heterocycles. The highest BCUT2D eigenvalue weighted by molar-refractivity contribution is 7.80. The molecule has 3 aliphatic rings. The first-order chi connectivity index (χ1) is 37.2. The van der Waals surface area contributed by atoms with Gasteiger partial charge in [0.05, 0.1) is 34.9 Å². The summed E-state index contributed by atoms with van der Waals surface area (Å²) >= 11 is 17.7. The highest BCUT2D eigenvalue weighted by Gasteiger charge is 2.32. The number of aromatic nitrogens is 3. The van der Waals surface area contributed by atoms with E-state index in [0.29, 0.717) is 48.5 Å². The van der Waals surface area contributed by atoms with Crippen LogP contribution in [-0.4, -0.2) is 125 Å². The molecule has 0 saturated carbocycles. The number of likely N-dealkylation sites (N-methyl/N-ethyl adjacent to an activating group) is 2. The van der Waals surface area contributed by atoms with Crippen LogP contribution in [0, 0.1) is 26.2 Å². The summed E-state index contributed by atoms with van der Waals surface area (Å²) in [7, 11) is 4.93. The molecular formula is C57H58ClN13O4S2. The van der Waals surface area contributed by atoms with E-state index in [0.717, 1.165) is 79.3 Å². The van der Waals surface area contributed by atoms with Gasteiger partial charge in [0.1, 0.15) is 6.26 Å². The number of rotatable bonds is 10. The van der Waals surface area contributed by atoms with E-state index in [-0.39, 0.29) is 23.5 Å². The first-order valence-corrected chi connectivity index (χ1v) is 26.3. The number of aliphatic imine (C=N–C) groups is 1. The van der Waals surface area contributed by atoms with E-state index in [1.54, 1.807) is 48.6 Å². The zero-order chi connectivity index (χ0) is 54.3. The lowest BCUT2D eigenvalue weighted by Gasteiger charge is -2.37. The van der Waals surface area contributed by atoms with Crippen LogP contribution in [0.4, 0.5) is 22.7 Å². The summed E-state index contributed by atoms with van der Waals surface area (Å²) in [6, 6.07) is 32.7. The summed E-state index contributed by atoms with van der Waals surface area (Å²) in [6.45, 7) is 14.4. The Balaban J connectivity index is 0.000000189. The van der Waals surface area contributed by atoms with E-state index in [9.17, 15) is 9.59 Å². The summed E-state index contributed by atoms with van der Waals surface area (Å²) in [5.74, 6) is -0.482. The average molecular weight is 1090 g/mol. The molecule has 7 aromatic rings. The molecule has 2 bridgehead atoms. The number of benzene rings is 4. The van der Waals surface area contributed by atoms with Gasteiger partial charge < -0.3 is 44.7 Å². The van der Waals surface area contributed by atoms with Crippen LogP contribution in [0.25, 0.3) is 21.9 Å². The number of fused-ring (bicyclic) bond motifs is 4. The molecule has 394 valence electrons. The topological polar surface area (TPSA) is 172 Å². The van der Waals surface area contributed by atoms with Crippen molar-refractivity contribution in [2.75, 3.05) is 80.5 Å². The summed E-state index contributed by atoms with van der Waals surface area (Å²) < 4.78 is 10.9. The average Bonchev–Trinajstić information content (AvgIpc) is 3.57. The normalized spacial score (nSPS) is 16.1. The van der Waals surface area contributed by atoms with Crippen LogP contribution in [0.5, 0.6) is 6.01 Å². The first kappa shape index (κ1) is 53.8. The molecular weight excluding hydrogens is 1030 g/mol. The number of nitrogens with one attached hydrogen (secondary N) is 3. The van der Waals surface area contributed by atoms with Crippen LogP contribution >= 0.6 is 36.0 Å². The Morgan fingerprint density at radius 3 is 2.27 bits per heavy atom. The number of pyridine rings is 1. The monoisotopic (exact) mass is 1090 g/mol. The molecule has 1 fully saturated rings. The number of amides is 2. The van der Waals surface area contributed by atoms with E-state index < -0.39 is 12.3 Å². The third kappa shape index (κ3) is 12.2. The zero-order valence-corrected chi connectivity index (χ0v) is 46.2. The van der Waals surface area contributed by atoms with Gasteiger partial charge in [-0.2, -0.15) is 4.98 Å². The van der Waals surface area contributed by atoms with Crippen LogP contribution in [0.1, 0.15) is 41.7 Å². The predicted octanol–water partition coefficient (Wildman–Crippen LogP) is 7.77. The predicted molar refractivity (Wildman–Crippen MR) is 311 cm³/mol. The van der Waals surface area contributed by atoms with Crippen molar-refractivity contribution < 1.29 is 18.7 Å². The van der Waals surface area contributed by atoms with Crippen molar-refractivity contribution in [2.45, 2.75) is 46.6 Å². The number of nitrogens with zero attached hydrogens (tertiary/aromatic N) is 10. The fourth-order valence-electron chi connectivity index (χ4n) is 9.28. The maximum absolute atomic E-state index is 13.7. The zero-order valence-electron chi connectivity index (χ0n) is 43.8. The lowest BCUT2D eigenvalue weighted by molar-refractivity contribution is -0.120. The largest absolute Gasteiger partial charge is 0.467 e. The van der Waals surface area contributed by atoms with Gasteiger partial charge >= 0.3 is 6.01 Å². The molecule has 17 nitrogen and oxygen atoms in total. The van der Waals surface area contributed by atoms with E-state index >= 15 is 0 Å². The number of hydrogen-bond donors (Lipinski definition) is 3. The quantitative estimate of drug-likeness (QED) is 0.113. The molecule has 3 aliphatic heterocycles. The summed E-state index contributed by atoms with van der Waals surface area (Å²) in [5, 5.41) is 13.3. The number of thiocarbonyl (C=S) groups is 2. The number of ether oxygens (including phenoxy) is 1. The lowest BCUT2D eigenvalue weighted by atomic mass is 10.0. The Bertz CT molecular complexity index is 3500. The van der Waals surface area contributed by atoms with Gasteiger partial charge in [-0.3, -0.25) is 19.5 Å². The molecule has 1 saturated heterocycles. The van der Waals surface area contributed by atoms with Crippen LogP contribution < -0.4 is 40.7 Å². The highest BCUT2D eigenvalue weighted by Crippen LogP contribution is 2.31. The second-order valence-electron chi connectivity index (χ2n) is 18.6. The Kier molecular flexibility index (Phi) is 16.7. The standard InChI is InChI=1S/C30H29N7O3S.C27H29ClN6OS/c1-19-4-6-21(7-5-19)18-36-11-13-37(14-12-36)30(41)33-26-28(38)35(2)24-9-8-20-10-15-40-27-23(17-31-29(34-27)39-3)25(32-26)22(24)16-20;1-5-34(6-2)20-10-11-22(17(3)14-20)30-27(36)32-25-26(35)33(4)23-12-9-19(28)15-21(23)24(31-25)18-8-7-13-29-16-18/h4-9,16-17,26H,11-14,18H2,1-3H3,(H,33,41);7-16,25H,5-6H2,1-4H3,(H2,30,32,36). The van der Waals surface area contributed by atoms with Gasteiger partial charge in [-0.15, -0.1) is 0 Å². The molecule has 20 heteroatoms. The minimum absolute atomic E-state index is 0.136. The van der Waals surface area contributed by atoms with Crippen molar-refractivity contribution in [3.05, 3.63) is 160 Å². The third-order valence-electron chi connectivity index (χ3n) is 13.6. The molecule has 10 rings (SSSR count). The number of carbonyl (C=O) groups excluding carboxylic acids is 2. The first-order valence-electron chi connectivity index (χ1n) is 25.1. The molecule has 2 atom stereocenters. The molecule has 0 radical (unpaired) electrons. The second-order valence-corrected chi connectivity index (χ2v) is 19.8. The smallest absolute Gasteiger partial charge is 0.319 e. The molecule has 3 aromatic heterocycles. The van der Waals surface area contributed by atoms with Gasteiger partial charge in [-0.25, -0.2) is 15.0 Å². The van der Waals surface area contributed by atoms with Crippen molar-refractivity contribution in [2.24, 2.45) is 9.98 Å². The second kappa shape index (κ2) is 23.9. The Morgan fingerprint density at radius 1 is 0.844 bits per heavy atom. The lowest BCUT2D eigenvalue weighted by Crippen LogP contribution is -2.55. The van der Waals surface area contributed by atoms with Gasteiger partial charge in [0.2, 0.25) is 18.0 Å². The third-order valence-corrected chi connectivity index (χ3v) is 14.4. The minimum atomic E-state index is -0.972. The maximum Gasteiger partial charge on any atom is 0.319 e. The van der Waals surface area contributed by atoms with Crippen molar-refractivity contribution in [3.63, 3.8) is 0 Å². The molecule has 77 heavy (non-hydrogen) atoms. The van der Waals surface area contributed by atoms with Crippen molar-refractivity contribution in [3.8, 4) is 6.01 Å². The molecule has 0 aliphatic carbocycles. The SMILES string of the molecule is CCN(CC)c1ccc(NC(=S)NC2N=C(c3cccnc3)c3cc(Cl)ccc3N(C)C2=O)c(C)c1.COc1ncc2c3c4cc(c#coc2n1)ccc4N(C)C(=O)C(NC(=S)N1CCN(Cc2ccc(C)cc2)CC1)N=3. The summed E-state index contributed by atoms with van der Waals surface area (Å²) in [6.07, 6.45) is 5.76. The highest BCUT2D eigenvalue weighted by atomic mass is 35.5.